The number of nitrogens with zero attached hydrogens (tertiary/aromatic N) is 1. The molecule has 1 heterocycles. The molecule has 1 aliphatic rings. The van der Waals surface area contributed by atoms with Gasteiger partial charge >= 0.3 is 0 Å². The van der Waals surface area contributed by atoms with Gasteiger partial charge in [0.15, 0.2) is 0 Å². The second kappa shape index (κ2) is 9.58. The number of ether oxygens (including phenoxy) is 1. The minimum absolute atomic E-state index is 0.141. The van der Waals surface area contributed by atoms with Crippen LogP contribution in [0.5, 0.6) is 5.75 Å². The number of rotatable bonds is 9. The Morgan fingerprint density at radius 3 is 2.67 bits per heavy atom. The van der Waals surface area contributed by atoms with Crippen molar-refractivity contribution in [1.82, 2.24) is 15.8 Å². The van der Waals surface area contributed by atoms with Gasteiger partial charge in [-0.25, -0.2) is 5.48 Å². The van der Waals surface area contributed by atoms with Crippen LogP contribution in [0, 0.1) is 18.3 Å². The maximum Gasteiger partial charge on any atom is 0.247 e. The number of pyridine rings is 1. The quantitative estimate of drug-likeness (QED) is 0.343. The summed E-state index contributed by atoms with van der Waals surface area (Å²) >= 11 is 0. The molecule has 33 heavy (non-hydrogen) atoms. The number of fused-ring (bicyclic) bond motifs is 1. The molecule has 0 spiro atoms. The summed E-state index contributed by atoms with van der Waals surface area (Å²) < 4.78 is 6.03. The second-order valence-corrected chi connectivity index (χ2v) is 8.69. The lowest BCUT2D eigenvalue weighted by Crippen LogP contribution is -2.37. The Bertz CT molecular complexity index is 1160. The normalized spacial score (nSPS) is 19.2. The molecule has 0 aliphatic heterocycles. The van der Waals surface area contributed by atoms with Gasteiger partial charge in [-0.1, -0.05) is 37.3 Å². The van der Waals surface area contributed by atoms with Gasteiger partial charge in [0.05, 0.1) is 16.8 Å². The molecular formula is C26H29N3O4. The number of aryl methyl sites for hydroxylation is 1. The van der Waals surface area contributed by atoms with Gasteiger partial charge in [-0.05, 0) is 56.0 Å². The van der Waals surface area contributed by atoms with Crippen LogP contribution in [0.15, 0.2) is 54.6 Å². The molecule has 0 radical (unpaired) electrons. The van der Waals surface area contributed by atoms with Gasteiger partial charge in [-0.15, -0.1) is 0 Å². The van der Waals surface area contributed by atoms with E-state index in [0.717, 1.165) is 39.9 Å². The Hall–Kier alpha value is -3.45. The van der Waals surface area contributed by atoms with Gasteiger partial charge in [0.1, 0.15) is 12.4 Å². The van der Waals surface area contributed by atoms with Crippen LogP contribution in [0.3, 0.4) is 0 Å². The van der Waals surface area contributed by atoms with Crippen molar-refractivity contribution >= 4 is 22.7 Å². The summed E-state index contributed by atoms with van der Waals surface area (Å²) in [6.07, 6.45) is 1.66. The minimum Gasteiger partial charge on any atom is -0.489 e. The summed E-state index contributed by atoms with van der Waals surface area (Å²) in [7, 11) is 0. The second-order valence-electron chi connectivity index (χ2n) is 8.69. The summed E-state index contributed by atoms with van der Waals surface area (Å²) in [5.74, 6) is -0.458. The first-order valence-corrected chi connectivity index (χ1v) is 11.3. The zero-order valence-corrected chi connectivity index (χ0v) is 18.9. The maximum atomic E-state index is 12.8. The maximum absolute atomic E-state index is 12.8. The highest BCUT2D eigenvalue weighted by Crippen LogP contribution is 2.55. The monoisotopic (exact) mass is 447 g/mol. The van der Waals surface area contributed by atoms with E-state index in [0.29, 0.717) is 26.0 Å². The molecule has 2 atom stereocenters. The molecule has 1 aliphatic carbocycles. The third kappa shape index (κ3) is 4.83. The molecule has 7 nitrogen and oxygen atoms in total. The molecule has 2 amide bonds. The standard InChI is InChI=1S/C26H29N3O4/c1-3-12-27-25(31)26(15-22(26)24(30)29-32)14-18-8-10-20(11-9-18)33-16-19-13-17(2)28-23-7-5-4-6-21(19)23/h4-11,13,22,32H,3,12,14-16H2,1-2H3,(H,27,31)(H,29,30)/t22-,26+/m1/s1. The van der Waals surface area contributed by atoms with Crippen LogP contribution in [0.4, 0.5) is 0 Å². The van der Waals surface area contributed by atoms with Crippen LogP contribution in [0.1, 0.15) is 36.6 Å². The zero-order chi connectivity index (χ0) is 23.4. The van der Waals surface area contributed by atoms with Crippen LogP contribution in [-0.4, -0.2) is 28.6 Å². The van der Waals surface area contributed by atoms with E-state index in [4.69, 9.17) is 9.94 Å². The number of carbonyl (C=O) groups excluding carboxylic acids is 2. The molecule has 0 saturated heterocycles. The third-order valence-electron chi connectivity index (χ3n) is 6.26. The fourth-order valence-electron chi connectivity index (χ4n) is 4.41. The number of nitrogens with one attached hydrogen (secondary N) is 2. The lowest BCUT2D eigenvalue weighted by atomic mass is 9.92. The molecule has 4 rings (SSSR count). The number of aromatic nitrogens is 1. The molecule has 7 heteroatoms. The van der Waals surface area contributed by atoms with E-state index < -0.39 is 17.2 Å². The number of para-hydroxylation sites is 1. The van der Waals surface area contributed by atoms with Crippen LogP contribution < -0.4 is 15.5 Å². The van der Waals surface area contributed by atoms with E-state index in [1.165, 1.54) is 0 Å². The van der Waals surface area contributed by atoms with Crippen molar-refractivity contribution in [1.29, 1.82) is 0 Å². The summed E-state index contributed by atoms with van der Waals surface area (Å²) in [5, 5.41) is 13.0. The Labute approximate surface area is 193 Å². The minimum atomic E-state index is -0.822. The number of amides is 2. The van der Waals surface area contributed by atoms with E-state index in [1.807, 2.05) is 68.4 Å². The van der Waals surface area contributed by atoms with Crippen molar-refractivity contribution in [3.63, 3.8) is 0 Å². The lowest BCUT2D eigenvalue weighted by molar-refractivity contribution is -0.135. The zero-order valence-electron chi connectivity index (χ0n) is 18.9. The van der Waals surface area contributed by atoms with Gasteiger partial charge in [-0.3, -0.25) is 19.8 Å². The molecule has 0 unspecified atom stereocenters. The molecule has 1 aromatic heterocycles. The lowest BCUT2D eigenvalue weighted by Gasteiger charge is -2.17. The Morgan fingerprint density at radius 2 is 1.94 bits per heavy atom. The average Bonchev–Trinajstić information content (AvgIpc) is 3.56. The molecule has 0 bridgehead atoms. The fraction of sp³-hybridized carbons (Fsp3) is 0.346. The SMILES string of the molecule is CCCNC(=O)[C@@]1(Cc2ccc(OCc3cc(C)nc4ccccc34)cc2)C[C@@H]1C(=O)NO. The van der Waals surface area contributed by atoms with Crippen LogP contribution >= 0.6 is 0 Å². The first-order chi connectivity index (χ1) is 16.0. The predicted molar refractivity (Wildman–Crippen MR) is 125 cm³/mol. The Balaban J connectivity index is 1.45. The number of benzene rings is 2. The van der Waals surface area contributed by atoms with Crippen LogP contribution in [-0.2, 0) is 22.6 Å². The molecular weight excluding hydrogens is 418 g/mol. The van der Waals surface area contributed by atoms with Gasteiger partial charge in [0.25, 0.3) is 0 Å². The molecule has 1 saturated carbocycles. The number of carbonyl (C=O) groups is 2. The highest BCUT2D eigenvalue weighted by Gasteiger charge is 2.63. The fourth-order valence-corrected chi connectivity index (χ4v) is 4.41. The molecule has 172 valence electrons. The summed E-state index contributed by atoms with van der Waals surface area (Å²) in [6, 6.07) is 17.7. The number of hydrogen-bond donors (Lipinski definition) is 3. The van der Waals surface area contributed by atoms with Crippen LogP contribution in [0.2, 0.25) is 0 Å². The van der Waals surface area contributed by atoms with E-state index in [2.05, 4.69) is 10.3 Å². The molecule has 3 N–H and O–H groups in total. The van der Waals surface area contributed by atoms with Gasteiger partial charge in [0, 0.05) is 23.2 Å². The molecule has 1 fully saturated rings. The number of hydrogen-bond acceptors (Lipinski definition) is 5. The van der Waals surface area contributed by atoms with Crippen molar-refractivity contribution in [2.24, 2.45) is 11.3 Å². The topological polar surface area (TPSA) is 101 Å². The van der Waals surface area contributed by atoms with E-state index in [9.17, 15) is 9.59 Å². The summed E-state index contributed by atoms with van der Waals surface area (Å²) in [4.78, 5) is 29.3. The van der Waals surface area contributed by atoms with Crippen molar-refractivity contribution in [3.8, 4) is 5.75 Å². The van der Waals surface area contributed by atoms with Crippen molar-refractivity contribution < 1.29 is 19.5 Å². The smallest absolute Gasteiger partial charge is 0.247 e. The average molecular weight is 448 g/mol. The third-order valence-corrected chi connectivity index (χ3v) is 6.26. The van der Waals surface area contributed by atoms with E-state index in [-0.39, 0.29) is 5.91 Å². The van der Waals surface area contributed by atoms with Gasteiger partial charge in [0.2, 0.25) is 11.8 Å². The largest absolute Gasteiger partial charge is 0.489 e. The van der Waals surface area contributed by atoms with Gasteiger partial charge in [-0.2, -0.15) is 0 Å². The Morgan fingerprint density at radius 1 is 1.18 bits per heavy atom. The first-order valence-electron chi connectivity index (χ1n) is 11.3. The van der Waals surface area contributed by atoms with Crippen molar-refractivity contribution in [2.45, 2.75) is 39.7 Å². The first kappa shape index (κ1) is 22.7. The summed E-state index contributed by atoms with van der Waals surface area (Å²) in [5.41, 5.74) is 4.78. The number of hydroxylamine groups is 1. The highest BCUT2D eigenvalue weighted by atomic mass is 16.5. The van der Waals surface area contributed by atoms with Crippen molar-refractivity contribution in [2.75, 3.05) is 6.54 Å². The van der Waals surface area contributed by atoms with Crippen molar-refractivity contribution in [3.05, 3.63) is 71.4 Å². The molecule has 2 aromatic carbocycles. The van der Waals surface area contributed by atoms with E-state index in [1.54, 1.807) is 5.48 Å². The Kier molecular flexibility index (Phi) is 6.60. The molecule has 3 aromatic rings. The predicted octanol–water partition coefficient (Wildman–Crippen LogP) is 3.70. The van der Waals surface area contributed by atoms with Crippen LogP contribution in [0.25, 0.3) is 10.9 Å². The van der Waals surface area contributed by atoms with E-state index >= 15 is 0 Å². The summed E-state index contributed by atoms with van der Waals surface area (Å²) in [6.45, 7) is 4.93. The highest BCUT2D eigenvalue weighted by molar-refractivity contribution is 5.95. The van der Waals surface area contributed by atoms with Gasteiger partial charge < -0.3 is 10.1 Å².